The van der Waals surface area contributed by atoms with Gasteiger partial charge < -0.3 is 14.4 Å². The predicted octanol–water partition coefficient (Wildman–Crippen LogP) is 4.20. The highest BCUT2D eigenvalue weighted by atomic mass is 16.6. The SMILES string of the molecule is CCN(CC)c1ccc(/C=C/C(=O)c2ccc3c(c2)OCCO3)cc1. The predicted molar refractivity (Wildman–Crippen MR) is 101 cm³/mol. The molecule has 0 fully saturated rings. The van der Waals surface area contributed by atoms with Crippen LogP contribution in [0, 0.1) is 0 Å². The van der Waals surface area contributed by atoms with Gasteiger partial charge in [-0.3, -0.25) is 4.79 Å². The summed E-state index contributed by atoms with van der Waals surface area (Å²) in [5, 5.41) is 0. The quantitative estimate of drug-likeness (QED) is 0.585. The number of nitrogens with zero attached hydrogens (tertiary/aromatic N) is 1. The van der Waals surface area contributed by atoms with Gasteiger partial charge in [0.1, 0.15) is 13.2 Å². The van der Waals surface area contributed by atoms with Crippen molar-refractivity contribution in [3.63, 3.8) is 0 Å². The second-order valence-corrected chi connectivity index (χ2v) is 5.82. The maximum Gasteiger partial charge on any atom is 0.185 e. The zero-order valence-corrected chi connectivity index (χ0v) is 14.7. The molecule has 0 radical (unpaired) electrons. The lowest BCUT2D eigenvalue weighted by atomic mass is 10.1. The van der Waals surface area contributed by atoms with E-state index in [1.54, 1.807) is 24.3 Å². The topological polar surface area (TPSA) is 38.8 Å². The minimum atomic E-state index is -0.0511. The summed E-state index contributed by atoms with van der Waals surface area (Å²) in [6, 6.07) is 13.5. The van der Waals surface area contributed by atoms with Gasteiger partial charge in [0.15, 0.2) is 17.3 Å². The molecule has 4 nitrogen and oxygen atoms in total. The Morgan fingerprint density at radius 1 is 1.00 bits per heavy atom. The number of anilines is 1. The lowest BCUT2D eigenvalue weighted by molar-refractivity contribution is 0.104. The third-order valence-corrected chi connectivity index (χ3v) is 4.28. The largest absolute Gasteiger partial charge is 0.486 e. The second-order valence-electron chi connectivity index (χ2n) is 5.82. The normalized spacial score (nSPS) is 13.0. The zero-order chi connectivity index (χ0) is 17.6. The van der Waals surface area contributed by atoms with Gasteiger partial charge in [0.05, 0.1) is 0 Å². The van der Waals surface area contributed by atoms with Gasteiger partial charge in [-0.05, 0) is 55.8 Å². The number of benzene rings is 2. The molecule has 0 saturated carbocycles. The van der Waals surface area contributed by atoms with Gasteiger partial charge in [0, 0.05) is 24.3 Å². The van der Waals surface area contributed by atoms with Gasteiger partial charge in [-0.2, -0.15) is 0 Å². The number of ketones is 1. The van der Waals surface area contributed by atoms with E-state index in [0.29, 0.717) is 30.3 Å². The summed E-state index contributed by atoms with van der Waals surface area (Å²) in [6.45, 7) is 7.30. The Bertz CT molecular complexity index is 761. The first kappa shape index (κ1) is 17.1. The van der Waals surface area contributed by atoms with Crippen molar-refractivity contribution in [1.82, 2.24) is 0 Å². The molecule has 3 rings (SSSR count). The number of hydrogen-bond acceptors (Lipinski definition) is 4. The van der Waals surface area contributed by atoms with Crippen LogP contribution in [-0.4, -0.2) is 32.1 Å². The van der Waals surface area contributed by atoms with Crippen LogP contribution < -0.4 is 14.4 Å². The smallest absolute Gasteiger partial charge is 0.185 e. The van der Waals surface area contributed by atoms with Gasteiger partial charge in [0.25, 0.3) is 0 Å². The van der Waals surface area contributed by atoms with Gasteiger partial charge >= 0.3 is 0 Å². The standard InChI is InChI=1S/C21H23NO3/c1-3-22(4-2)18-9-5-16(6-10-18)7-11-19(23)17-8-12-20-21(15-17)25-14-13-24-20/h5-12,15H,3-4,13-14H2,1-2H3/b11-7+. The summed E-state index contributed by atoms with van der Waals surface area (Å²) in [6.07, 6.45) is 3.43. The number of carbonyl (C=O) groups excluding carboxylic acids is 1. The first-order valence-electron chi connectivity index (χ1n) is 8.68. The van der Waals surface area contributed by atoms with Crippen LogP contribution in [0.5, 0.6) is 11.5 Å². The van der Waals surface area contributed by atoms with Crippen molar-refractivity contribution in [2.75, 3.05) is 31.2 Å². The second kappa shape index (κ2) is 7.88. The molecule has 0 N–H and O–H groups in total. The van der Waals surface area contributed by atoms with Crippen LogP contribution in [0.15, 0.2) is 48.5 Å². The molecule has 0 saturated heterocycles. The molecule has 1 heterocycles. The summed E-state index contributed by atoms with van der Waals surface area (Å²) >= 11 is 0. The molecular weight excluding hydrogens is 314 g/mol. The fraction of sp³-hybridized carbons (Fsp3) is 0.286. The lowest BCUT2D eigenvalue weighted by Crippen LogP contribution is -2.21. The average Bonchev–Trinajstić information content (AvgIpc) is 2.67. The van der Waals surface area contributed by atoms with Crippen molar-refractivity contribution < 1.29 is 14.3 Å². The number of hydrogen-bond donors (Lipinski definition) is 0. The van der Waals surface area contributed by atoms with Crippen molar-refractivity contribution in [3.8, 4) is 11.5 Å². The van der Waals surface area contributed by atoms with Gasteiger partial charge in [-0.25, -0.2) is 0 Å². The Labute approximate surface area is 148 Å². The summed E-state index contributed by atoms with van der Waals surface area (Å²) in [5.74, 6) is 1.28. The fourth-order valence-corrected chi connectivity index (χ4v) is 2.85. The molecular formula is C21H23NO3. The number of rotatable bonds is 6. The summed E-state index contributed by atoms with van der Waals surface area (Å²) in [7, 11) is 0. The fourth-order valence-electron chi connectivity index (χ4n) is 2.85. The van der Waals surface area contributed by atoms with Gasteiger partial charge in [-0.1, -0.05) is 18.2 Å². The minimum Gasteiger partial charge on any atom is -0.486 e. The first-order valence-corrected chi connectivity index (χ1v) is 8.68. The maximum atomic E-state index is 12.4. The van der Waals surface area contributed by atoms with Crippen LogP contribution >= 0.6 is 0 Å². The van der Waals surface area contributed by atoms with E-state index in [0.717, 1.165) is 18.7 Å². The zero-order valence-electron chi connectivity index (χ0n) is 14.7. The molecule has 4 heteroatoms. The Hall–Kier alpha value is -2.75. The third kappa shape index (κ3) is 4.02. The van der Waals surface area contributed by atoms with Crippen LogP contribution in [-0.2, 0) is 0 Å². The van der Waals surface area contributed by atoms with E-state index in [-0.39, 0.29) is 5.78 Å². The molecule has 25 heavy (non-hydrogen) atoms. The van der Waals surface area contributed by atoms with Crippen molar-refractivity contribution in [2.24, 2.45) is 0 Å². The molecule has 0 unspecified atom stereocenters. The Morgan fingerprint density at radius 2 is 1.68 bits per heavy atom. The summed E-state index contributed by atoms with van der Waals surface area (Å²) in [5.41, 5.74) is 2.79. The molecule has 1 aliphatic heterocycles. The number of carbonyl (C=O) groups is 1. The van der Waals surface area contributed by atoms with Gasteiger partial charge in [0.2, 0.25) is 0 Å². The highest BCUT2D eigenvalue weighted by Gasteiger charge is 2.13. The van der Waals surface area contributed by atoms with Crippen LogP contribution in [0.1, 0.15) is 29.8 Å². The maximum absolute atomic E-state index is 12.4. The van der Waals surface area contributed by atoms with Crippen molar-refractivity contribution in [3.05, 3.63) is 59.7 Å². The molecule has 0 aliphatic carbocycles. The van der Waals surface area contributed by atoms with Crippen molar-refractivity contribution in [2.45, 2.75) is 13.8 Å². The monoisotopic (exact) mass is 337 g/mol. The lowest BCUT2D eigenvalue weighted by Gasteiger charge is -2.20. The molecule has 0 aromatic heterocycles. The first-order chi connectivity index (χ1) is 12.2. The third-order valence-electron chi connectivity index (χ3n) is 4.28. The number of ether oxygens (including phenoxy) is 2. The van der Waals surface area contributed by atoms with Gasteiger partial charge in [-0.15, -0.1) is 0 Å². The Kier molecular flexibility index (Phi) is 5.39. The van der Waals surface area contributed by atoms with E-state index >= 15 is 0 Å². The van der Waals surface area contributed by atoms with E-state index < -0.39 is 0 Å². The van der Waals surface area contributed by atoms with Crippen molar-refractivity contribution in [1.29, 1.82) is 0 Å². The van der Waals surface area contributed by atoms with Crippen LogP contribution in [0.25, 0.3) is 6.08 Å². The Balaban J connectivity index is 1.70. The molecule has 130 valence electrons. The molecule has 1 aliphatic rings. The molecule has 2 aromatic rings. The van der Waals surface area contributed by atoms with Crippen LogP contribution in [0.4, 0.5) is 5.69 Å². The van der Waals surface area contributed by atoms with E-state index in [9.17, 15) is 4.79 Å². The molecule has 0 spiro atoms. The highest BCUT2D eigenvalue weighted by Crippen LogP contribution is 2.31. The van der Waals surface area contributed by atoms with E-state index in [1.165, 1.54) is 5.69 Å². The van der Waals surface area contributed by atoms with E-state index in [1.807, 2.05) is 18.2 Å². The molecule has 0 atom stereocenters. The molecule has 0 amide bonds. The van der Waals surface area contributed by atoms with Crippen LogP contribution in [0.2, 0.25) is 0 Å². The summed E-state index contributed by atoms with van der Waals surface area (Å²) < 4.78 is 11.0. The van der Waals surface area contributed by atoms with E-state index in [4.69, 9.17) is 9.47 Å². The molecule has 2 aromatic carbocycles. The Morgan fingerprint density at radius 3 is 2.36 bits per heavy atom. The van der Waals surface area contributed by atoms with E-state index in [2.05, 4.69) is 30.9 Å². The average molecular weight is 337 g/mol. The summed E-state index contributed by atoms with van der Waals surface area (Å²) in [4.78, 5) is 14.7. The molecule has 0 bridgehead atoms. The minimum absolute atomic E-state index is 0.0511. The number of fused-ring (bicyclic) bond motifs is 1. The number of allylic oxidation sites excluding steroid dienone is 1. The van der Waals surface area contributed by atoms with Crippen molar-refractivity contribution >= 4 is 17.5 Å². The highest BCUT2D eigenvalue weighted by molar-refractivity contribution is 6.07. The van der Waals surface area contributed by atoms with Crippen LogP contribution in [0.3, 0.4) is 0 Å².